The van der Waals surface area contributed by atoms with E-state index in [9.17, 15) is 4.79 Å². The Morgan fingerprint density at radius 3 is 1.86 bits per heavy atom. The maximum Gasteiger partial charge on any atom is 0.175 e. The number of Topliss-reactive ketones (excluding diaryl/α,β-unsaturated/α-hetero) is 1. The van der Waals surface area contributed by atoms with Crippen molar-refractivity contribution in [3.8, 4) is 0 Å². The summed E-state index contributed by atoms with van der Waals surface area (Å²) in [5, 5.41) is 2.34. The smallest absolute Gasteiger partial charge is 0.175 e. The fraction of sp³-hybridized carbons (Fsp3) is 0.450. The van der Waals surface area contributed by atoms with Gasteiger partial charge in [0.05, 0.1) is 5.41 Å². The Labute approximate surface area is 127 Å². The van der Waals surface area contributed by atoms with Gasteiger partial charge in [-0.3, -0.25) is 4.79 Å². The summed E-state index contributed by atoms with van der Waals surface area (Å²) in [5.74, 6) is 0.286. The predicted octanol–water partition coefficient (Wildman–Crippen LogP) is 5.37. The van der Waals surface area contributed by atoms with E-state index >= 15 is 0 Å². The van der Waals surface area contributed by atoms with Gasteiger partial charge in [0, 0.05) is 5.56 Å². The second kappa shape index (κ2) is 3.97. The van der Waals surface area contributed by atoms with Crippen molar-refractivity contribution in [1.29, 1.82) is 0 Å². The van der Waals surface area contributed by atoms with Gasteiger partial charge in [-0.2, -0.15) is 0 Å². The number of rotatable bonds is 0. The molecule has 0 fully saturated rings. The summed E-state index contributed by atoms with van der Waals surface area (Å²) in [7, 11) is 0. The lowest BCUT2D eigenvalue weighted by Gasteiger charge is -2.50. The number of benzene rings is 2. The molecule has 110 valence electrons. The number of carbonyl (C=O) groups is 1. The van der Waals surface area contributed by atoms with E-state index in [1.807, 2.05) is 12.1 Å². The van der Waals surface area contributed by atoms with Gasteiger partial charge in [0.15, 0.2) is 5.78 Å². The zero-order chi connectivity index (χ0) is 15.6. The van der Waals surface area contributed by atoms with Crippen LogP contribution in [-0.2, 0) is 5.41 Å². The number of carbonyl (C=O) groups excluding carboxylic acids is 1. The van der Waals surface area contributed by atoms with E-state index in [1.54, 1.807) is 0 Å². The highest BCUT2D eigenvalue weighted by atomic mass is 16.1. The van der Waals surface area contributed by atoms with Crippen LogP contribution in [0, 0.1) is 10.8 Å². The fourth-order valence-corrected chi connectivity index (χ4v) is 4.78. The molecule has 0 radical (unpaired) electrons. The highest BCUT2D eigenvalue weighted by molar-refractivity contribution is 6.21. The molecule has 1 aliphatic carbocycles. The van der Waals surface area contributed by atoms with Crippen molar-refractivity contribution in [2.75, 3.05) is 0 Å². The van der Waals surface area contributed by atoms with Gasteiger partial charge < -0.3 is 0 Å². The zero-order valence-electron chi connectivity index (χ0n) is 13.9. The minimum absolute atomic E-state index is 0.143. The first-order valence-electron chi connectivity index (χ1n) is 7.69. The molecule has 0 heterocycles. The maximum absolute atomic E-state index is 13.5. The van der Waals surface area contributed by atoms with Crippen LogP contribution in [0.3, 0.4) is 0 Å². The van der Waals surface area contributed by atoms with Crippen molar-refractivity contribution >= 4 is 16.6 Å². The quantitative estimate of drug-likeness (QED) is 0.634. The molecule has 3 rings (SSSR count). The first kappa shape index (κ1) is 14.3. The van der Waals surface area contributed by atoms with Crippen molar-refractivity contribution in [2.45, 2.75) is 47.0 Å². The summed E-state index contributed by atoms with van der Waals surface area (Å²) in [6, 6.07) is 12.5. The third-order valence-electron chi connectivity index (χ3n) is 5.14. The highest BCUT2D eigenvalue weighted by Gasteiger charge is 2.60. The third-order valence-corrected chi connectivity index (χ3v) is 5.14. The Balaban J connectivity index is 2.52. The molecule has 0 unspecified atom stereocenters. The molecule has 21 heavy (non-hydrogen) atoms. The van der Waals surface area contributed by atoms with Gasteiger partial charge >= 0.3 is 0 Å². The van der Waals surface area contributed by atoms with Gasteiger partial charge in [-0.25, -0.2) is 0 Å². The van der Waals surface area contributed by atoms with Crippen LogP contribution >= 0.6 is 0 Å². The predicted molar refractivity (Wildman–Crippen MR) is 88.9 cm³/mol. The minimum Gasteiger partial charge on any atom is -0.293 e. The summed E-state index contributed by atoms with van der Waals surface area (Å²) in [5.41, 5.74) is 1.34. The van der Waals surface area contributed by atoms with E-state index in [0.29, 0.717) is 0 Å². The molecule has 0 aromatic heterocycles. The molecule has 0 aliphatic heterocycles. The van der Waals surface area contributed by atoms with Crippen LogP contribution in [0.1, 0.15) is 57.5 Å². The van der Waals surface area contributed by atoms with Gasteiger partial charge in [-0.15, -0.1) is 0 Å². The van der Waals surface area contributed by atoms with Crippen LogP contribution in [-0.4, -0.2) is 5.78 Å². The van der Waals surface area contributed by atoms with Gasteiger partial charge in [-0.05, 0) is 27.2 Å². The average Bonchev–Trinajstić information content (AvgIpc) is 2.61. The molecule has 0 N–H and O–H groups in total. The standard InChI is InChI=1S/C20H24O/c1-18(2,3)20(19(4,5)6)15-12-8-10-13-9-7-11-14(16(13)15)17(20)21/h7-12H,1-6H3. The summed E-state index contributed by atoms with van der Waals surface area (Å²) >= 11 is 0. The maximum atomic E-state index is 13.5. The lowest BCUT2D eigenvalue weighted by atomic mass is 9.50. The monoisotopic (exact) mass is 280 g/mol. The van der Waals surface area contributed by atoms with E-state index in [0.717, 1.165) is 10.9 Å². The molecular weight excluding hydrogens is 256 g/mol. The van der Waals surface area contributed by atoms with E-state index in [-0.39, 0.29) is 16.6 Å². The molecule has 0 bridgehead atoms. The Kier molecular flexibility index (Phi) is 2.71. The first-order valence-corrected chi connectivity index (χ1v) is 7.69. The van der Waals surface area contributed by atoms with Gasteiger partial charge in [0.2, 0.25) is 0 Å². The fourth-order valence-electron chi connectivity index (χ4n) is 4.78. The normalized spacial score (nSPS) is 17.5. The van der Waals surface area contributed by atoms with E-state index < -0.39 is 5.41 Å². The SMILES string of the molecule is CC(C)(C)C1(C(C)(C)C)C(=O)c2cccc3cccc1c23. The second-order valence-electron chi connectivity index (χ2n) is 8.29. The van der Waals surface area contributed by atoms with Gasteiger partial charge in [-0.1, -0.05) is 77.9 Å². The number of ketones is 1. The molecule has 1 aliphatic rings. The summed E-state index contributed by atoms with van der Waals surface area (Å²) in [6.07, 6.45) is 0. The molecule has 1 nitrogen and oxygen atoms in total. The van der Waals surface area contributed by atoms with Crippen LogP contribution in [0.25, 0.3) is 10.8 Å². The lowest BCUT2D eigenvalue weighted by molar-refractivity contribution is 0.0411. The molecule has 1 heteroatoms. The Morgan fingerprint density at radius 2 is 1.33 bits per heavy atom. The van der Waals surface area contributed by atoms with Crippen LogP contribution in [0.4, 0.5) is 0 Å². The zero-order valence-corrected chi connectivity index (χ0v) is 13.9. The summed E-state index contributed by atoms with van der Waals surface area (Å²) in [6.45, 7) is 13.2. The van der Waals surface area contributed by atoms with Crippen molar-refractivity contribution in [3.63, 3.8) is 0 Å². The van der Waals surface area contributed by atoms with Crippen molar-refractivity contribution in [2.24, 2.45) is 10.8 Å². The van der Waals surface area contributed by atoms with Crippen molar-refractivity contribution < 1.29 is 4.79 Å². The molecule has 0 saturated carbocycles. The largest absolute Gasteiger partial charge is 0.293 e. The second-order valence-corrected chi connectivity index (χ2v) is 8.29. The number of hydrogen-bond acceptors (Lipinski definition) is 1. The van der Waals surface area contributed by atoms with Crippen LogP contribution < -0.4 is 0 Å². The first-order chi connectivity index (χ1) is 9.62. The van der Waals surface area contributed by atoms with E-state index in [1.165, 1.54) is 10.9 Å². The Bertz CT molecular complexity index is 719. The van der Waals surface area contributed by atoms with Gasteiger partial charge in [0.25, 0.3) is 0 Å². The molecule has 0 amide bonds. The van der Waals surface area contributed by atoms with Crippen molar-refractivity contribution in [3.05, 3.63) is 47.5 Å². The van der Waals surface area contributed by atoms with E-state index in [2.05, 4.69) is 65.8 Å². The third kappa shape index (κ3) is 1.55. The highest BCUT2D eigenvalue weighted by Crippen LogP contribution is 2.60. The molecule has 0 spiro atoms. The topological polar surface area (TPSA) is 17.1 Å². The van der Waals surface area contributed by atoms with Crippen LogP contribution in [0.2, 0.25) is 0 Å². The summed E-state index contributed by atoms with van der Waals surface area (Å²) < 4.78 is 0. The molecule has 0 saturated heterocycles. The van der Waals surface area contributed by atoms with Crippen LogP contribution in [0.15, 0.2) is 36.4 Å². The lowest BCUT2D eigenvalue weighted by Crippen LogP contribution is -2.54. The summed E-state index contributed by atoms with van der Waals surface area (Å²) in [4.78, 5) is 13.5. The Hall–Kier alpha value is -1.63. The van der Waals surface area contributed by atoms with Crippen molar-refractivity contribution in [1.82, 2.24) is 0 Å². The molecular formula is C20H24O. The molecule has 2 aromatic carbocycles. The average molecular weight is 280 g/mol. The molecule has 0 atom stereocenters. The van der Waals surface area contributed by atoms with Gasteiger partial charge in [0.1, 0.15) is 0 Å². The van der Waals surface area contributed by atoms with Crippen LogP contribution in [0.5, 0.6) is 0 Å². The molecule has 2 aromatic rings. The Morgan fingerprint density at radius 1 is 0.810 bits per heavy atom. The van der Waals surface area contributed by atoms with E-state index in [4.69, 9.17) is 0 Å². The minimum atomic E-state index is -0.483. The number of hydrogen-bond donors (Lipinski definition) is 0.